The number of para-hydroxylation sites is 1. The summed E-state index contributed by atoms with van der Waals surface area (Å²) in [5, 5.41) is 1.87. The van der Waals surface area contributed by atoms with E-state index in [0.717, 1.165) is 17.1 Å². The Labute approximate surface area is 142 Å². The summed E-state index contributed by atoms with van der Waals surface area (Å²) in [5.41, 5.74) is 1.75. The van der Waals surface area contributed by atoms with Crippen molar-refractivity contribution < 1.29 is 4.42 Å². The van der Waals surface area contributed by atoms with E-state index in [1.165, 1.54) is 11.3 Å². The van der Waals surface area contributed by atoms with E-state index in [4.69, 9.17) is 4.42 Å². The van der Waals surface area contributed by atoms with E-state index >= 15 is 0 Å². The Morgan fingerprint density at radius 3 is 2.79 bits per heavy atom. The smallest absolute Gasteiger partial charge is 0.258 e. The Morgan fingerprint density at radius 1 is 1.12 bits per heavy atom. The molecule has 120 valence electrons. The number of aromatic nitrogens is 2. The standard InChI is InChI=1S/C18H15N3O2S/c22-17-11-14(19-18-21(17)8-10-24-18)12-20(13-16-7-4-9-23-16)15-5-2-1-3-6-15/h1-11H,12-13H2. The molecule has 0 bridgehead atoms. The van der Waals surface area contributed by atoms with Gasteiger partial charge in [0.2, 0.25) is 0 Å². The summed E-state index contributed by atoms with van der Waals surface area (Å²) in [6.07, 6.45) is 3.41. The molecule has 0 aliphatic carbocycles. The molecule has 24 heavy (non-hydrogen) atoms. The van der Waals surface area contributed by atoms with Gasteiger partial charge in [0.15, 0.2) is 4.96 Å². The van der Waals surface area contributed by atoms with Gasteiger partial charge in [-0.2, -0.15) is 0 Å². The highest BCUT2D eigenvalue weighted by molar-refractivity contribution is 7.15. The van der Waals surface area contributed by atoms with E-state index in [1.54, 1.807) is 22.9 Å². The molecule has 0 N–H and O–H groups in total. The van der Waals surface area contributed by atoms with Gasteiger partial charge in [-0.15, -0.1) is 11.3 Å². The van der Waals surface area contributed by atoms with Crippen molar-refractivity contribution in [1.82, 2.24) is 9.38 Å². The Kier molecular flexibility index (Phi) is 3.88. The second kappa shape index (κ2) is 6.33. The van der Waals surface area contributed by atoms with Gasteiger partial charge in [0, 0.05) is 23.3 Å². The number of rotatable bonds is 5. The van der Waals surface area contributed by atoms with Crippen molar-refractivity contribution in [3.05, 3.63) is 88.2 Å². The molecular weight excluding hydrogens is 322 g/mol. The lowest BCUT2D eigenvalue weighted by Crippen LogP contribution is -2.24. The SMILES string of the molecule is O=c1cc(CN(Cc2ccco2)c2ccccc2)nc2sccn12. The summed E-state index contributed by atoms with van der Waals surface area (Å²) in [4.78, 5) is 19.6. The van der Waals surface area contributed by atoms with Gasteiger partial charge < -0.3 is 9.32 Å². The molecule has 0 atom stereocenters. The van der Waals surface area contributed by atoms with E-state index in [1.807, 2.05) is 47.8 Å². The third-order valence-electron chi connectivity index (χ3n) is 3.76. The topological polar surface area (TPSA) is 50.8 Å². The first-order valence-electron chi connectivity index (χ1n) is 7.58. The summed E-state index contributed by atoms with van der Waals surface area (Å²) in [6, 6.07) is 15.5. The van der Waals surface area contributed by atoms with Crippen LogP contribution in [0.25, 0.3) is 4.96 Å². The van der Waals surface area contributed by atoms with Gasteiger partial charge in [-0.05, 0) is 24.3 Å². The van der Waals surface area contributed by atoms with Crippen LogP contribution in [0.1, 0.15) is 11.5 Å². The van der Waals surface area contributed by atoms with Gasteiger partial charge in [-0.25, -0.2) is 4.98 Å². The predicted molar refractivity (Wildman–Crippen MR) is 94.4 cm³/mol. The van der Waals surface area contributed by atoms with E-state index < -0.39 is 0 Å². The van der Waals surface area contributed by atoms with Gasteiger partial charge in [-0.3, -0.25) is 9.20 Å². The fourth-order valence-electron chi connectivity index (χ4n) is 2.63. The van der Waals surface area contributed by atoms with Gasteiger partial charge in [-0.1, -0.05) is 18.2 Å². The third-order valence-corrected chi connectivity index (χ3v) is 4.51. The first-order chi connectivity index (χ1) is 11.8. The molecule has 1 aromatic carbocycles. The summed E-state index contributed by atoms with van der Waals surface area (Å²) in [6.45, 7) is 1.15. The number of furan rings is 1. The highest BCUT2D eigenvalue weighted by Gasteiger charge is 2.12. The van der Waals surface area contributed by atoms with Crippen LogP contribution in [-0.4, -0.2) is 9.38 Å². The van der Waals surface area contributed by atoms with Gasteiger partial charge in [0.1, 0.15) is 5.76 Å². The number of nitrogens with zero attached hydrogens (tertiary/aromatic N) is 3. The Morgan fingerprint density at radius 2 is 2.00 bits per heavy atom. The first-order valence-corrected chi connectivity index (χ1v) is 8.46. The van der Waals surface area contributed by atoms with Crippen LogP contribution in [0.4, 0.5) is 5.69 Å². The molecule has 0 fully saturated rings. The minimum Gasteiger partial charge on any atom is -0.467 e. The normalized spacial score (nSPS) is 11.0. The van der Waals surface area contributed by atoms with Crippen molar-refractivity contribution in [3.8, 4) is 0 Å². The van der Waals surface area contributed by atoms with Crippen LogP contribution >= 0.6 is 11.3 Å². The van der Waals surface area contributed by atoms with Crippen LogP contribution in [0.3, 0.4) is 0 Å². The average molecular weight is 337 g/mol. The number of hydrogen-bond donors (Lipinski definition) is 0. The predicted octanol–water partition coefficient (Wildman–Crippen LogP) is 3.56. The van der Waals surface area contributed by atoms with Gasteiger partial charge in [0.05, 0.1) is 25.0 Å². The summed E-state index contributed by atoms with van der Waals surface area (Å²) in [7, 11) is 0. The zero-order chi connectivity index (χ0) is 16.4. The molecular formula is C18H15N3O2S. The second-order valence-corrected chi connectivity index (χ2v) is 6.29. The van der Waals surface area contributed by atoms with Crippen molar-refractivity contribution in [2.45, 2.75) is 13.1 Å². The number of hydrogen-bond acceptors (Lipinski definition) is 5. The van der Waals surface area contributed by atoms with Crippen LogP contribution in [0.2, 0.25) is 0 Å². The molecule has 4 rings (SSSR count). The van der Waals surface area contributed by atoms with Crippen LogP contribution in [-0.2, 0) is 13.1 Å². The molecule has 0 saturated carbocycles. The van der Waals surface area contributed by atoms with Gasteiger partial charge >= 0.3 is 0 Å². The summed E-state index contributed by atoms with van der Waals surface area (Å²) < 4.78 is 7.04. The molecule has 0 amide bonds. The molecule has 4 aromatic rings. The van der Waals surface area contributed by atoms with Crippen LogP contribution in [0.5, 0.6) is 0 Å². The number of anilines is 1. The lowest BCUT2D eigenvalue weighted by atomic mass is 10.2. The summed E-state index contributed by atoms with van der Waals surface area (Å²) in [5.74, 6) is 0.868. The largest absolute Gasteiger partial charge is 0.467 e. The molecule has 0 aliphatic rings. The number of thiazole rings is 1. The lowest BCUT2D eigenvalue weighted by Gasteiger charge is -2.23. The van der Waals surface area contributed by atoms with Crippen LogP contribution < -0.4 is 10.5 Å². The highest BCUT2D eigenvalue weighted by Crippen LogP contribution is 2.19. The molecule has 3 aromatic heterocycles. The highest BCUT2D eigenvalue weighted by atomic mass is 32.1. The molecule has 0 radical (unpaired) electrons. The van der Waals surface area contributed by atoms with Crippen molar-refractivity contribution >= 4 is 22.0 Å². The number of benzene rings is 1. The Balaban J connectivity index is 1.68. The summed E-state index contributed by atoms with van der Waals surface area (Å²) >= 11 is 1.46. The minimum absolute atomic E-state index is 0.0535. The minimum atomic E-state index is -0.0535. The van der Waals surface area contributed by atoms with Crippen molar-refractivity contribution in [2.24, 2.45) is 0 Å². The quantitative estimate of drug-likeness (QED) is 0.559. The Hall–Kier alpha value is -2.86. The monoisotopic (exact) mass is 337 g/mol. The van der Waals surface area contributed by atoms with Crippen LogP contribution in [0, 0.1) is 0 Å². The first kappa shape index (κ1) is 14.7. The van der Waals surface area contributed by atoms with E-state index in [2.05, 4.69) is 9.88 Å². The molecule has 0 aliphatic heterocycles. The van der Waals surface area contributed by atoms with Crippen molar-refractivity contribution in [1.29, 1.82) is 0 Å². The molecule has 0 unspecified atom stereocenters. The Bertz CT molecular complexity index is 990. The average Bonchev–Trinajstić information content (AvgIpc) is 3.27. The molecule has 0 saturated heterocycles. The maximum absolute atomic E-state index is 12.2. The van der Waals surface area contributed by atoms with Gasteiger partial charge in [0.25, 0.3) is 5.56 Å². The molecule has 6 heteroatoms. The lowest BCUT2D eigenvalue weighted by molar-refractivity contribution is 0.501. The fraction of sp³-hybridized carbons (Fsp3) is 0.111. The fourth-order valence-corrected chi connectivity index (χ4v) is 3.37. The second-order valence-electron chi connectivity index (χ2n) is 5.41. The molecule has 3 heterocycles. The van der Waals surface area contributed by atoms with Crippen LogP contribution in [0.15, 0.2) is 75.6 Å². The maximum atomic E-state index is 12.2. The van der Waals surface area contributed by atoms with E-state index in [9.17, 15) is 4.79 Å². The molecule has 0 spiro atoms. The van der Waals surface area contributed by atoms with Crippen molar-refractivity contribution in [3.63, 3.8) is 0 Å². The zero-order valence-electron chi connectivity index (χ0n) is 12.8. The third kappa shape index (κ3) is 2.96. The van der Waals surface area contributed by atoms with Crippen molar-refractivity contribution in [2.75, 3.05) is 4.90 Å². The molecule has 5 nitrogen and oxygen atoms in total. The van der Waals surface area contributed by atoms with E-state index in [0.29, 0.717) is 18.1 Å². The zero-order valence-corrected chi connectivity index (χ0v) is 13.6. The maximum Gasteiger partial charge on any atom is 0.258 e. The number of fused-ring (bicyclic) bond motifs is 1. The van der Waals surface area contributed by atoms with E-state index in [-0.39, 0.29) is 5.56 Å².